The second kappa shape index (κ2) is 5.22. The van der Waals surface area contributed by atoms with Crippen LogP contribution in [-0.2, 0) is 24.7 Å². The minimum Gasteiger partial charge on any atom is -0.478 e. The SMILES string of the molecule is CCc1nc(CC)c2c(/C=C/C(=O)O)cn(C)c2n1. The first-order valence-electron chi connectivity index (χ1n) is 6.32. The largest absolute Gasteiger partial charge is 0.478 e. The van der Waals surface area contributed by atoms with E-state index in [0.29, 0.717) is 0 Å². The number of aryl methyl sites for hydroxylation is 3. The molecule has 0 bridgehead atoms. The van der Waals surface area contributed by atoms with E-state index < -0.39 is 5.97 Å². The van der Waals surface area contributed by atoms with E-state index in [0.717, 1.165) is 47.0 Å². The first-order valence-corrected chi connectivity index (χ1v) is 6.32. The van der Waals surface area contributed by atoms with Gasteiger partial charge in [0.1, 0.15) is 11.5 Å². The standard InChI is InChI=1S/C14H17N3O2/c1-4-10-13-9(6-7-12(18)19)8-17(3)14(13)16-11(5-2)15-10/h6-8H,4-5H2,1-3H3,(H,18,19)/b7-6+. The fraction of sp³-hybridized carbons (Fsp3) is 0.357. The maximum atomic E-state index is 10.6. The Kier molecular flexibility index (Phi) is 3.64. The van der Waals surface area contributed by atoms with Crippen molar-refractivity contribution in [1.29, 1.82) is 0 Å². The zero-order valence-corrected chi connectivity index (χ0v) is 11.3. The summed E-state index contributed by atoms with van der Waals surface area (Å²) in [6.07, 6.45) is 6.20. The van der Waals surface area contributed by atoms with Gasteiger partial charge in [-0.25, -0.2) is 14.8 Å². The molecule has 2 heterocycles. The third kappa shape index (κ3) is 2.50. The molecule has 0 aliphatic heterocycles. The lowest BCUT2D eigenvalue weighted by molar-refractivity contribution is -0.131. The zero-order chi connectivity index (χ0) is 14.0. The van der Waals surface area contributed by atoms with Crippen LogP contribution in [0.4, 0.5) is 0 Å². The third-order valence-corrected chi connectivity index (χ3v) is 3.02. The predicted molar refractivity (Wildman–Crippen MR) is 73.9 cm³/mol. The van der Waals surface area contributed by atoms with Gasteiger partial charge in [-0.15, -0.1) is 0 Å². The molecule has 0 saturated heterocycles. The highest BCUT2D eigenvalue weighted by molar-refractivity contribution is 5.93. The molecule has 2 aromatic heterocycles. The van der Waals surface area contributed by atoms with E-state index >= 15 is 0 Å². The van der Waals surface area contributed by atoms with Crippen LogP contribution >= 0.6 is 0 Å². The summed E-state index contributed by atoms with van der Waals surface area (Å²) in [5.41, 5.74) is 2.67. The number of aliphatic carboxylic acids is 1. The van der Waals surface area contributed by atoms with Gasteiger partial charge in [-0.2, -0.15) is 0 Å². The molecule has 0 aromatic carbocycles. The quantitative estimate of drug-likeness (QED) is 0.855. The van der Waals surface area contributed by atoms with E-state index in [-0.39, 0.29) is 0 Å². The summed E-state index contributed by atoms with van der Waals surface area (Å²) in [6.45, 7) is 4.06. The molecule has 0 saturated carbocycles. The molecule has 0 spiro atoms. The van der Waals surface area contributed by atoms with Crippen LogP contribution in [0.25, 0.3) is 17.1 Å². The molecule has 0 radical (unpaired) electrons. The fourth-order valence-electron chi connectivity index (χ4n) is 2.13. The number of carboxylic acid groups (broad SMARTS) is 1. The summed E-state index contributed by atoms with van der Waals surface area (Å²) in [5.74, 6) is -0.138. The van der Waals surface area contributed by atoms with Crippen LogP contribution in [0.5, 0.6) is 0 Å². The second-order valence-corrected chi connectivity index (χ2v) is 4.36. The van der Waals surface area contributed by atoms with Gasteiger partial charge in [0.05, 0.1) is 5.69 Å². The minimum absolute atomic E-state index is 0.786. The van der Waals surface area contributed by atoms with Crippen LogP contribution in [0.1, 0.15) is 30.9 Å². The van der Waals surface area contributed by atoms with Crippen molar-refractivity contribution < 1.29 is 9.90 Å². The molecular weight excluding hydrogens is 242 g/mol. The van der Waals surface area contributed by atoms with Crippen LogP contribution < -0.4 is 0 Å². The second-order valence-electron chi connectivity index (χ2n) is 4.36. The van der Waals surface area contributed by atoms with Gasteiger partial charge in [0.2, 0.25) is 0 Å². The molecular formula is C14H17N3O2. The topological polar surface area (TPSA) is 68.0 Å². The Morgan fingerprint density at radius 1 is 1.37 bits per heavy atom. The van der Waals surface area contributed by atoms with Gasteiger partial charge in [0.25, 0.3) is 0 Å². The monoisotopic (exact) mass is 259 g/mol. The molecule has 0 atom stereocenters. The van der Waals surface area contributed by atoms with Gasteiger partial charge in [0.15, 0.2) is 0 Å². The number of aromatic nitrogens is 3. The number of carbonyl (C=O) groups is 1. The molecule has 0 unspecified atom stereocenters. The molecule has 100 valence electrons. The normalized spacial score (nSPS) is 11.5. The number of hydrogen-bond donors (Lipinski definition) is 1. The van der Waals surface area contributed by atoms with E-state index in [1.807, 2.05) is 31.7 Å². The lowest BCUT2D eigenvalue weighted by Gasteiger charge is -2.04. The molecule has 0 aliphatic carbocycles. The summed E-state index contributed by atoms with van der Waals surface area (Å²) in [6, 6.07) is 0. The van der Waals surface area contributed by atoms with Crippen molar-refractivity contribution in [3.05, 3.63) is 29.4 Å². The Morgan fingerprint density at radius 2 is 2.11 bits per heavy atom. The average Bonchev–Trinajstić information content (AvgIpc) is 2.72. The fourth-order valence-corrected chi connectivity index (χ4v) is 2.13. The number of rotatable bonds is 4. The van der Waals surface area contributed by atoms with Crippen molar-refractivity contribution in [2.24, 2.45) is 7.05 Å². The molecule has 0 fully saturated rings. The molecule has 5 nitrogen and oxygen atoms in total. The Hall–Kier alpha value is -2.17. The molecule has 1 N–H and O–H groups in total. The van der Waals surface area contributed by atoms with Gasteiger partial charge in [0, 0.05) is 36.7 Å². The van der Waals surface area contributed by atoms with Crippen LogP contribution in [0.2, 0.25) is 0 Å². The van der Waals surface area contributed by atoms with Gasteiger partial charge < -0.3 is 9.67 Å². The van der Waals surface area contributed by atoms with E-state index in [1.165, 1.54) is 0 Å². The van der Waals surface area contributed by atoms with Gasteiger partial charge >= 0.3 is 5.97 Å². The van der Waals surface area contributed by atoms with Crippen LogP contribution in [0, 0.1) is 0 Å². The van der Waals surface area contributed by atoms with E-state index in [2.05, 4.69) is 9.97 Å². The maximum absolute atomic E-state index is 10.6. The Bertz CT molecular complexity index is 656. The first-order chi connectivity index (χ1) is 9.06. The highest BCUT2D eigenvalue weighted by Gasteiger charge is 2.13. The summed E-state index contributed by atoms with van der Waals surface area (Å²) in [7, 11) is 1.91. The summed E-state index contributed by atoms with van der Waals surface area (Å²) in [5, 5.41) is 9.68. The summed E-state index contributed by atoms with van der Waals surface area (Å²) >= 11 is 0. The van der Waals surface area contributed by atoms with E-state index in [9.17, 15) is 4.79 Å². The number of hydrogen-bond acceptors (Lipinski definition) is 3. The first kappa shape index (κ1) is 13.3. The van der Waals surface area contributed by atoms with E-state index in [4.69, 9.17) is 5.11 Å². The van der Waals surface area contributed by atoms with Gasteiger partial charge in [-0.1, -0.05) is 13.8 Å². The average molecular weight is 259 g/mol. The van der Waals surface area contributed by atoms with Crippen molar-refractivity contribution in [3.8, 4) is 0 Å². The minimum atomic E-state index is -0.957. The molecule has 2 aromatic rings. The predicted octanol–water partition coefficient (Wildman–Crippen LogP) is 2.19. The Morgan fingerprint density at radius 3 is 2.68 bits per heavy atom. The molecule has 0 amide bonds. The highest BCUT2D eigenvalue weighted by atomic mass is 16.4. The molecule has 0 aliphatic rings. The van der Waals surface area contributed by atoms with Crippen LogP contribution in [0.3, 0.4) is 0 Å². The molecule has 19 heavy (non-hydrogen) atoms. The molecule has 5 heteroatoms. The van der Waals surface area contributed by atoms with E-state index in [1.54, 1.807) is 6.08 Å². The van der Waals surface area contributed by atoms with Crippen LogP contribution in [0.15, 0.2) is 12.3 Å². The van der Waals surface area contributed by atoms with Crippen molar-refractivity contribution in [3.63, 3.8) is 0 Å². The van der Waals surface area contributed by atoms with Crippen LogP contribution in [-0.4, -0.2) is 25.6 Å². The van der Waals surface area contributed by atoms with Crippen molar-refractivity contribution >= 4 is 23.1 Å². The Balaban J connectivity index is 2.70. The van der Waals surface area contributed by atoms with Crippen molar-refractivity contribution in [2.45, 2.75) is 26.7 Å². The zero-order valence-electron chi connectivity index (χ0n) is 11.3. The van der Waals surface area contributed by atoms with Gasteiger partial charge in [-0.05, 0) is 12.5 Å². The summed E-state index contributed by atoms with van der Waals surface area (Å²) < 4.78 is 1.91. The van der Waals surface area contributed by atoms with Gasteiger partial charge in [-0.3, -0.25) is 0 Å². The third-order valence-electron chi connectivity index (χ3n) is 3.02. The number of nitrogens with zero attached hydrogens (tertiary/aromatic N) is 3. The smallest absolute Gasteiger partial charge is 0.328 e. The highest BCUT2D eigenvalue weighted by Crippen LogP contribution is 2.24. The van der Waals surface area contributed by atoms with Crippen molar-refractivity contribution in [1.82, 2.24) is 14.5 Å². The number of fused-ring (bicyclic) bond motifs is 1. The van der Waals surface area contributed by atoms with Crippen molar-refractivity contribution in [2.75, 3.05) is 0 Å². The Labute approximate surface area is 111 Å². The summed E-state index contributed by atoms with van der Waals surface area (Å²) in [4.78, 5) is 19.7. The molecule has 2 rings (SSSR count). The maximum Gasteiger partial charge on any atom is 0.328 e. The lowest BCUT2D eigenvalue weighted by atomic mass is 10.1. The lowest BCUT2D eigenvalue weighted by Crippen LogP contribution is -2.00. The number of carboxylic acids is 1.